The van der Waals surface area contributed by atoms with E-state index in [-0.39, 0.29) is 30.8 Å². The monoisotopic (exact) mass is 291 g/mol. The summed E-state index contributed by atoms with van der Waals surface area (Å²) in [6.45, 7) is 7.94. The summed E-state index contributed by atoms with van der Waals surface area (Å²) < 4.78 is 0.287. The molecular weight excluding hydrogens is 269 g/mol. The zero-order valence-electron chi connectivity index (χ0n) is 10.4. The molecule has 1 atom stereocenters. The Bertz CT molecular complexity index is 323. The van der Waals surface area contributed by atoms with E-state index in [1.165, 1.54) is 5.57 Å². The third kappa shape index (κ3) is 2.66. The quantitative estimate of drug-likeness (QED) is 0.228. The van der Waals surface area contributed by atoms with Crippen molar-refractivity contribution in [2.45, 2.75) is 50.5 Å². The van der Waals surface area contributed by atoms with Gasteiger partial charge in [0.05, 0.1) is 0 Å². The molecule has 0 saturated heterocycles. The number of quaternary nitrogens is 1. The van der Waals surface area contributed by atoms with Crippen LogP contribution in [0.25, 0.3) is 0 Å². The fraction of sp³-hybridized carbons (Fsp3) is 0.727. The van der Waals surface area contributed by atoms with Crippen molar-refractivity contribution < 1.29 is 5.06 Å². The number of amidine groups is 1. The van der Waals surface area contributed by atoms with Crippen molar-refractivity contribution in [3.8, 4) is 0 Å². The van der Waals surface area contributed by atoms with E-state index in [1.807, 2.05) is 27.7 Å². The molecule has 1 aliphatic heterocycles. The van der Waals surface area contributed by atoms with Gasteiger partial charge < -0.3 is 0 Å². The molecule has 92 valence electrons. The van der Waals surface area contributed by atoms with E-state index in [0.29, 0.717) is 5.06 Å². The van der Waals surface area contributed by atoms with Crippen LogP contribution < -0.4 is 10.8 Å². The summed E-state index contributed by atoms with van der Waals surface area (Å²) in [6, 6.07) is 0. The van der Waals surface area contributed by atoms with Crippen molar-refractivity contribution in [2.24, 2.45) is 5.73 Å². The Balaban J connectivity index is 2.69. The van der Waals surface area contributed by atoms with Gasteiger partial charge in [-0.05, 0) is 0 Å². The Morgan fingerprint density at radius 2 is 2.06 bits per heavy atom. The maximum atomic E-state index is 12.1. The van der Waals surface area contributed by atoms with Gasteiger partial charge in [0.15, 0.2) is 0 Å². The van der Waals surface area contributed by atoms with Crippen molar-refractivity contribution in [1.29, 1.82) is 5.41 Å². The normalized spacial score (nSPS) is 26.6. The van der Waals surface area contributed by atoms with E-state index in [1.54, 1.807) is 0 Å². The van der Waals surface area contributed by atoms with Crippen LogP contribution in [0.3, 0.4) is 0 Å². The molecule has 1 unspecified atom stereocenters. The molecule has 0 aliphatic carbocycles. The number of hydrogen-bond acceptors (Lipinski definition) is 2. The second kappa shape index (κ2) is 4.49. The van der Waals surface area contributed by atoms with Gasteiger partial charge in [-0.25, -0.2) is 0 Å². The van der Waals surface area contributed by atoms with Crippen LogP contribution in [0.2, 0.25) is 5.32 Å². The molecule has 0 saturated carbocycles. The predicted molar refractivity (Wildman–Crippen MR) is 67.7 cm³/mol. The van der Waals surface area contributed by atoms with E-state index in [0.717, 1.165) is 11.7 Å². The molecule has 1 aliphatic rings. The SMILES string of the molecule is CC1(C)C=C(CC[Se]C(=N)N)C(C)(C)[NH+]1[O-]. The second-order valence-corrected chi connectivity index (χ2v) is 7.69. The second-order valence-electron chi connectivity index (χ2n) is 5.31. The van der Waals surface area contributed by atoms with E-state index in [9.17, 15) is 5.21 Å². The first kappa shape index (κ1) is 13.7. The van der Waals surface area contributed by atoms with Crippen LogP contribution in [-0.4, -0.2) is 30.8 Å². The van der Waals surface area contributed by atoms with Crippen molar-refractivity contribution in [2.75, 3.05) is 0 Å². The average Bonchev–Trinajstić information content (AvgIpc) is 2.27. The van der Waals surface area contributed by atoms with Gasteiger partial charge in [0.2, 0.25) is 0 Å². The summed E-state index contributed by atoms with van der Waals surface area (Å²) in [7, 11) is 0. The first-order valence-corrected chi connectivity index (χ1v) is 7.48. The van der Waals surface area contributed by atoms with E-state index in [2.05, 4.69) is 6.08 Å². The number of nitrogens with two attached hydrogens (primary N) is 1. The molecule has 0 bridgehead atoms. The molecule has 4 nitrogen and oxygen atoms in total. The Morgan fingerprint density at radius 1 is 1.50 bits per heavy atom. The van der Waals surface area contributed by atoms with E-state index in [4.69, 9.17) is 11.1 Å². The van der Waals surface area contributed by atoms with Crippen LogP contribution in [0.4, 0.5) is 0 Å². The van der Waals surface area contributed by atoms with Gasteiger partial charge in [-0.3, -0.25) is 0 Å². The van der Waals surface area contributed by atoms with Gasteiger partial charge in [0.1, 0.15) is 0 Å². The summed E-state index contributed by atoms with van der Waals surface area (Å²) in [6.07, 6.45) is 2.99. The predicted octanol–water partition coefficient (Wildman–Crippen LogP) is 0.272. The molecule has 0 amide bonds. The molecule has 0 radical (unpaired) electrons. The molecule has 0 aromatic heterocycles. The minimum absolute atomic E-state index is 0.0761. The molecule has 1 heterocycles. The molecule has 1 rings (SSSR count). The summed E-state index contributed by atoms with van der Waals surface area (Å²) in [4.78, 5) is 0. The number of nitrogens with one attached hydrogen (secondary N) is 2. The first-order chi connectivity index (χ1) is 7.18. The van der Waals surface area contributed by atoms with Gasteiger partial charge in [-0.2, -0.15) is 0 Å². The van der Waals surface area contributed by atoms with Gasteiger partial charge in [-0.15, -0.1) is 0 Å². The van der Waals surface area contributed by atoms with E-state index < -0.39 is 0 Å². The molecule has 0 spiro atoms. The molecule has 0 aromatic rings. The van der Waals surface area contributed by atoms with Gasteiger partial charge >= 0.3 is 103 Å². The maximum absolute atomic E-state index is 12.1. The Kier molecular flexibility index (Phi) is 3.85. The van der Waals surface area contributed by atoms with Crippen molar-refractivity contribution in [3.63, 3.8) is 0 Å². The van der Waals surface area contributed by atoms with Crippen LogP contribution in [-0.2, 0) is 0 Å². The number of rotatable bonds is 4. The topological polar surface area (TPSA) is 77.4 Å². The fourth-order valence-electron chi connectivity index (χ4n) is 2.29. The molecule has 5 heteroatoms. The fourth-order valence-corrected chi connectivity index (χ4v) is 3.43. The third-order valence-corrected chi connectivity index (χ3v) is 4.63. The van der Waals surface area contributed by atoms with Crippen LogP contribution in [0, 0.1) is 10.6 Å². The summed E-state index contributed by atoms with van der Waals surface area (Å²) in [5, 5.41) is 20.6. The van der Waals surface area contributed by atoms with Gasteiger partial charge in [0, 0.05) is 0 Å². The van der Waals surface area contributed by atoms with Crippen LogP contribution in [0.15, 0.2) is 11.6 Å². The van der Waals surface area contributed by atoms with Crippen LogP contribution in [0.5, 0.6) is 0 Å². The molecule has 0 aromatic carbocycles. The number of hydrogen-bond donors (Lipinski definition) is 3. The molecule has 0 fully saturated rings. The standard InChI is InChI=1S/C11H21N3OSe/c1-10(2)7-8(5-6-16-9(12)13)11(3,4)14(10)15/h7,14H,5-6H2,1-4H3,(H3,12,13). The number of hydroxylamine groups is 2. The van der Waals surface area contributed by atoms with Gasteiger partial charge in [0.25, 0.3) is 0 Å². The Hall–Kier alpha value is -0.351. The third-order valence-electron chi connectivity index (χ3n) is 3.12. The van der Waals surface area contributed by atoms with Crippen molar-refractivity contribution >= 4 is 19.7 Å². The molecule has 16 heavy (non-hydrogen) atoms. The summed E-state index contributed by atoms with van der Waals surface area (Å²) >= 11 is 0.0761. The van der Waals surface area contributed by atoms with E-state index >= 15 is 0 Å². The van der Waals surface area contributed by atoms with Crippen molar-refractivity contribution in [1.82, 2.24) is 0 Å². The van der Waals surface area contributed by atoms with Crippen LogP contribution >= 0.6 is 0 Å². The zero-order chi connectivity index (χ0) is 12.6. The minimum atomic E-state index is -0.337. The zero-order valence-corrected chi connectivity index (χ0v) is 12.1. The molecule has 4 N–H and O–H groups in total. The van der Waals surface area contributed by atoms with Gasteiger partial charge in [-0.1, -0.05) is 0 Å². The Labute approximate surface area is 104 Å². The Morgan fingerprint density at radius 3 is 2.44 bits per heavy atom. The summed E-state index contributed by atoms with van der Waals surface area (Å²) in [5.74, 6) is 0. The van der Waals surface area contributed by atoms with Crippen LogP contribution in [0.1, 0.15) is 34.1 Å². The first-order valence-electron chi connectivity index (χ1n) is 5.42. The van der Waals surface area contributed by atoms with Crippen molar-refractivity contribution in [3.05, 3.63) is 16.9 Å². The summed E-state index contributed by atoms with van der Waals surface area (Å²) in [5.41, 5.74) is 5.90. The average molecular weight is 290 g/mol. The molecular formula is C11H21N3OSe.